The Morgan fingerprint density at radius 2 is 2.24 bits per heavy atom. The normalized spacial score (nSPS) is 48.1. The maximum absolute atomic E-state index is 11.0. The topological polar surface area (TPSA) is 29.6 Å². The Balaban J connectivity index is 1.97. The van der Waals surface area contributed by atoms with Gasteiger partial charge in [0.25, 0.3) is 0 Å². The van der Waals surface area contributed by atoms with E-state index in [9.17, 15) is 4.79 Å². The first-order chi connectivity index (χ1) is 8.02. The zero-order chi connectivity index (χ0) is 12.3. The Hall–Kier alpha value is -0.630. The molecular formula is C15H22O2. The minimum atomic E-state index is 0.0761. The van der Waals surface area contributed by atoms with Gasteiger partial charge in [-0.1, -0.05) is 19.9 Å². The molecule has 94 valence electrons. The van der Waals surface area contributed by atoms with Gasteiger partial charge in [0, 0.05) is 5.92 Å². The molecule has 0 bridgehead atoms. The van der Waals surface area contributed by atoms with Crippen LogP contribution in [0.25, 0.3) is 0 Å². The Morgan fingerprint density at radius 3 is 2.88 bits per heavy atom. The first-order valence-electron chi connectivity index (χ1n) is 6.88. The van der Waals surface area contributed by atoms with E-state index >= 15 is 0 Å². The molecule has 0 radical (unpaired) electrons. The van der Waals surface area contributed by atoms with Crippen molar-refractivity contribution >= 4 is 6.29 Å². The maximum atomic E-state index is 11.0. The van der Waals surface area contributed by atoms with Gasteiger partial charge in [0.15, 0.2) is 0 Å². The smallest absolute Gasteiger partial charge is 0.145 e. The second-order valence-electron chi connectivity index (χ2n) is 6.55. The third-order valence-electron chi connectivity index (χ3n) is 5.40. The molecule has 2 fully saturated rings. The van der Waals surface area contributed by atoms with Crippen LogP contribution >= 0.6 is 0 Å². The molecule has 1 aliphatic heterocycles. The summed E-state index contributed by atoms with van der Waals surface area (Å²) < 4.78 is 6.17. The predicted octanol–water partition coefficient (Wildman–Crippen LogP) is 3.12. The number of allylic oxidation sites excluding steroid dienone is 1. The largest absolute Gasteiger partial charge is 0.362 e. The van der Waals surface area contributed by atoms with Crippen molar-refractivity contribution < 1.29 is 9.53 Å². The van der Waals surface area contributed by atoms with Crippen molar-refractivity contribution in [1.29, 1.82) is 0 Å². The lowest BCUT2D eigenvalue weighted by atomic mass is 9.60. The molecule has 0 unspecified atom stereocenters. The molecule has 3 rings (SSSR count). The van der Waals surface area contributed by atoms with Gasteiger partial charge < -0.3 is 4.74 Å². The lowest BCUT2D eigenvalue weighted by Crippen LogP contribution is -2.44. The van der Waals surface area contributed by atoms with Gasteiger partial charge in [0.05, 0.1) is 5.60 Å². The van der Waals surface area contributed by atoms with Crippen molar-refractivity contribution in [2.24, 2.45) is 17.8 Å². The van der Waals surface area contributed by atoms with E-state index in [4.69, 9.17) is 4.74 Å². The molecule has 2 nitrogen and oxygen atoms in total. The summed E-state index contributed by atoms with van der Waals surface area (Å²) in [4.78, 5) is 11.0. The number of aldehydes is 1. The van der Waals surface area contributed by atoms with Crippen molar-refractivity contribution in [2.75, 3.05) is 0 Å². The van der Waals surface area contributed by atoms with E-state index in [0.717, 1.165) is 24.7 Å². The van der Waals surface area contributed by atoms with E-state index in [-0.39, 0.29) is 11.2 Å². The zero-order valence-corrected chi connectivity index (χ0v) is 11.0. The molecule has 0 amide bonds. The van der Waals surface area contributed by atoms with Gasteiger partial charge >= 0.3 is 0 Å². The van der Waals surface area contributed by atoms with Crippen LogP contribution < -0.4 is 0 Å². The average molecular weight is 234 g/mol. The quantitative estimate of drug-likeness (QED) is 0.542. The SMILES string of the molecule is CC(C)[C@@H]1CC[C@]2(C)O[C@@]23CCC(C=O)=C[C@@H]13. The molecule has 2 heteroatoms. The van der Waals surface area contributed by atoms with E-state index in [1.54, 1.807) is 0 Å². The van der Waals surface area contributed by atoms with Gasteiger partial charge in [-0.3, -0.25) is 4.79 Å². The number of epoxide rings is 1. The molecule has 0 aromatic carbocycles. The van der Waals surface area contributed by atoms with Crippen LogP contribution in [-0.4, -0.2) is 17.5 Å². The third kappa shape index (κ3) is 1.40. The van der Waals surface area contributed by atoms with Crippen molar-refractivity contribution in [1.82, 2.24) is 0 Å². The molecule has 3 aliphatic rings. The van der Waals surface area contributed by atoms with Crippen molar-refractivity contribution in [3.63, 3.8) is 0 Å². The summed E-state index contributed by atoms with van der Waals surface area (Å²) in [6.07, 6.45) is 7.65. The summed E-state index contributed by atoms with van der Waals surface area (Å²) in [5.74, 6) is 1.82. The highest BCUT2D eigenvalue weighted by Crippen LogP contribution is 2.66. The van der Waals surface area contributed by atoms with Crippen LogP contribution in [0.5, 0.6) is 0 Å². The monoisotopic (exact) mass is 234 g/mol. The van der Waals surface area contributed by atoms with Crippen LogP contribution in [0.2, 0.25) is 0 Å². The zero-order valence-electron chi connectivity index (χ0n) is 11.0. The first-order valence-corrected chi connectivity index (χ1v) is 6.88. The fraction of sp³-hybridized carbons (Fsp3) is 0.800. The van der Waals surface area contributed by atoms with Crippen molar-refractivity contribution in [2.45, 2.75) is 57.7 Å². The molecule has 1 saturated heterocycles. The number of hydrogen-bond acceptors (Lipinski definition) is 2. The average Bonchev–Trinajstić information content (AvgIpc) is 2.90. The minimum Gasteiger partial charge on any atom is -0.362 e. The van der Waals surface area contributed by atoms with Crippen LogP contribution in [0.3, 0.4) is 0 Å². The molecule has 1 heterocycles. The fourth-order valence-corrected chi connectivity index (χ4v) is 4.26. The summed E-state index contributed by atoms with van der Waals surface area (Å²) in [6, 6.07) is 0. The number of ether oxygens (including phenoxy) is 1. The molecule has 2 aliphatic carbocycles. The van der Waals surface area contributed by atoms with Crippen LogP contribution in [0, 0.1) is 17.8 Å². The van der Waals surface area contributed by atoms with Gasteiger partial charge in [-0.2, -0.15) is 0 Å². The summed E-state index contributed by atoms with van der Waals surface area (Å²) in [7, 11) is 0. The van der Waals surface area contributed by atoms with Crippen LogP contribution in [0.15, 0.2) is 11.6 Å². The van der Waals surface area contributed by atoms with Gasteiger partial charge in [0.2, 0.25) is 0 Å². The second-order valence-corrected chi connectivity index (χ2v) is 6.55. The molecule has 0 aromatic heterocycles. The van der Waals surface area contributed by atoms with Crippen LogP contribution in [-0.2, 0) is 9.53 Å². The number of rotatable bonds is 2. The predicted molar refractivity (Wildman–Crippen MR) is 66.7 cm³/mol. The molecule has 0 aromatic rings. The highest BCUT2D eigenvalue weighted by Gasteiger charge is 2.72. The van der Waals surface area contributed by atoms with E-state index in [1.165, 1.54) is 12.8 Å². The Kier molecular flexibility index (Phi) is 2.32. The van der Waals surface area contributed by atoms with E-state index in [2.05, 4.69) is 26.8 Å². The molecule has 1 spiro atoms. The lowest BCUT2D eigenvalue weighted by molar-refractivity contribution is -0.105. The molecule has 4 atom stereocenters. The first kappa shape index (κ1) is 11.5. The second kappa shape index (κ2) is 3.44. The molecule has 17 heavy (non-hydrogen) atoms. The summed E-state index contributed by atoms with van der Waals surface area (Å²) in [5, 5.41) is 0. The van der Waals surface area contributed by atoms with E-state index in [0.29, 0.717) is 17.8 Å². The minimum absolute atomic E-state index is 0.0761. The van der Waals surface area contributed by atoms with Gasteiger partial charge in [-0.15, -0.1) is 0 Å². The van der Waals surface area contributed by atoms with E-state index < -0.39 is 0 Å². The highest BCUT2D eigenvalue weighted by molar-refractivity contribution is 5.74. The number of hydrogen-bond donors (Lipinski definition) is 0. The summed E-state index contributed by atoms with van der Waals surface area (Å²) >= 11 is 0. The van der Waals surface area contributed by atoms with Crippen molar-refractivity contribution in [3.8, 4) is 0 Å². The highest BCUT2D eigenvalue weighted by atomic mass is 16.6. The Bertz CT molecular complexity index is 384. The third-order valence-corrected chi connectivity index (χ3v) is 5.40. The van der Waals surface area contributed by atoms with Gasteiger partial charge in [-0.05, 0) is 50.0 Å². The summed E-state index contributed by atoms with van der Waals surface area (Å²) in [5.41, 5.74) is 1.17. The molecule has 0 N–H and O–H groups in total. The van der Waals surface area contributed by atoms with Crippen LogP contribution in [0.4, 0.5) is 0 Å². The van der Waals surface area contributed by atoms with E-state index in [1.807, 2.05) is 0 Å². The molecule has 1 saturated carbocycles. The van der Waals surface area contributed by atoms with Crippen molar-refractivity contribution in [3.05, 3.63) is 11.6 Å². The lowest BCUT2D eigenvalue weighted by Gasteiger charge is -2.41. The number of carbonyl (C=O) groups excluding carboxylic acids is 1. The molecular weight excluding hydrogens is 212 g/mol. The van der Waals surface area contributed by atoms with Gasteiger partial charge in [0.1, 0.15) is 11.9 Å². The number of carbonyl (C=O) groups is 1. The summed E-state index contributed by atoms with van der Waals surface area (Å²) in [6.45, 7) is 6.86. The fourth-order valence-electron chi connectivity index (χ4n) is 4.26. The Morgan fingerprint density at radius 1 is 1.47 bits per heavy atom. The van der Waals surface area contributed by atoms with Crippen LogP contribution in [0.1, 0.15) is 46.5 Å². The van der Waals surface area contributed by atoms with Gasteiger partial charge in [-0.25, -0.2) is 0 Å². The standard InChI is InChI=1S/C15H22O2/c1-10(2)12-5-6-14(3)15(17-14)7-4-11(9-16)8-13(12)15/h8-10,12-13H,4-7H2,1-3H3/t12-,13-,14-,15+/m0/s1. The Labute approximate surface area is 103 Å². The maximum Gasteiger partial charge on any atom is 0.145 e.